The quantitative estimate of drug-likeness (QED) is 0.188. The first kappa shape index (κ1) is 28.6. The molecule has 9 nitrogen and oxygen atoms in total. The lowest BCUT2D eigenvalue weighted by atomic mass is 9.88. The van der Waals surface area contributed by atoms with E-state index in [-0.39, 0.29) is 5.91 Å². The second kappa shape index (κ2) is 12.8. The van der Waals surface area contributed by atoms with Crippen molar-refractivity contribution in [2.24, 2.45) is 5.73 Å². The van der Waals surface area contributed by atoms with E-state index in [1.54, 1.807) is 7.11 Å². The van der Waals surface area contributed by atoms with Crippen molar-refractivity contribution in [1.82, 2.24) is 30.4 Å². The minimum absolute atomic E-state index is 0.149. The number of hydrogen-bond acceptors (Lipinski definition) is 6. The van der Waals surface area contributed by atoms with Gasteiger partial charge in [0.25, 0.3) is 0 Å². The van der Waals surface area contributed by atoms with Crippen LogP contribution in [0.2, 0.25) is 0 Å². The van der Waals surface area contributed by atoms with E-state index in [1.165, 1.54) is 5.56 Å². The summed E-state index contributed by atoms with van der Waals surface area (Å²) in [5, 5.41) is 17.2. The fourth-order valence-electron chi connectivity index (χ4n) is 5.91. The number of carbonyl (C=O) groups is 1. The fourth-order valence-corrected chi connectivity index (χ4v) is 5.91. The van der Waals surface area contributed by atoms with Gasteiger partial charge in [-0.05, 0) is 67.2 Å². The molecule has 0 spiro atoms. The van der Waals surface area contributed by atoms with Gasteiger partial charge in [0.05, 0.1) is 25.2 Å². The van der Waals surface area contributed by atoms with Gasteiger partial charge in [-0.2, -0.15) is 0 Å². The highest BCUT2D eigenvalue weighted by molar-refractivity contribution is 5.87. The van der Waals surface area contributed by atoms with Gasteiger partial charge in [-0.3, -0.25) is 4.79 Å². The molecule has 43 heavy (non-hydrogen) atoms. The topological polar surface area (TPSA) is 123 Å². The molecule has 1 unspecified atom stereocenters. The molecule has 222 valence electrons. The monoisotopic (exact) mass is 577 g/mol. The number of para-hydroxylation sites is 1. The van der Waals surface area contributed by atoms with Gasteiger partial charge in [0.2, 0.25) is 5.91 Å². The van der Waals surface area contributed by atoms with Crippen LogP contribution in [-0.2, 0) is 30.6 Å². The van der Waals surface area contributed by atoms with Crippen LogP contribution >= 0.6 is 0 Å². The van der Waals surface area contributed by atoms with Gasteiger partial charge < -0.3 is 30.7 Å². The van der Waals surface area contributed by atoms with Crippen LogP contribution in [0, 0.1) is 0 Å². The highest BCUT2D eigenvalue weighted by Gasteiger charge is 2.37. The van der Waals surface area contributed by atoms with Crippen LogP contribution in [0.5, 0.6) is 5.75 Å². The van der Waals surface area contributed by atoms with Gasteiger partial charge in [0, 0.05) is 29.9 Å². The number of nitrogens with one attached hydrogen (secondary N) is 3. The van der Waals surface area contributed by atoms with E-state index in [0.717, 1.165) is 45.8 Å². The molecule has 3 heterocycles. The number of amides is 1. The first-order valence-electron chi connectivity index (χ1n) is 15.0. The lowest BCUT2D eigenvalue weighted by molar-refractivity contribution is -0.128. The largest absolute Gasteiger partial charge is 0.497 e. The lowest BCUT2D eigenvalue weighted by Gasteiger charge is -2.34. The van der Waals surface area contributed by atoms with E-state index in [0.29, 0.717) is 45.3 Å². The molecular weight excluding hydrogens is 538 g/mol. The van der Waals surface area contributed by atoms with E-state index in [4.69, 9.17) is 20.7 Å². The number of fused-ring (bicyclic) bond motifs is 1. The van der Waals surface area contributed by atoms with Crippen LogP contribution in [0.3, 0.4) is 0 Å². The van der Waals surface area contributed by atoms with Crippen molar-refractivity contribution >= 4 is 16.8 Å². The third-order valence-electron chi connectivity index (χ3n) is 8.50. The Morgan fingerprint density at radius 1 is 0.977 bits per heavy atom. The standard InChI is InChI=1S/C34H39N7O2/c1-43-27-14-11-25(12-15-27)23-41-31(16-13-24-7-3-2-4-8-24)39-40-32(41)30(38-33(42)34(35)17-19-36-20-18-34)21-26-22-37-29-10-6-5-9-28(26)29/h2-12,14-15,22,30,36-37H,13,16-21,23,35H2,1H3,(H,38,42). The molecule has 2 aromatic heterocycles. The van der Waals surface area contributed by atoms with Gasteiger partial charge >= 0.3 is 0 Å². The second-order valence-corrected chi connectivity index (χ2v) is 11.4. The van der Waals surface area contributed by atoms with Crippen molar-refractivity contribution < 1.29 is 9.53 Å². The number of nitrogens with two attached hydrogens (primary N) is 1. The van der Waals surface area contributed by atoms with Crippen LogP contribution in [0.25, 0.3) is 10.9 Å². The molecule has 1 aliphatic rings. The number of piperidine rings is 1. The number of hydrogen-bond donors (Lipinski definition) is 4. The number of rotatable bonds is 11. The molecule has 1 saturated heterocycles. The molecule has 6 rings (SSSR count). The Morgan fingerprint density at radius 2 is 1.72 bits per heavy atom. The molecule has 9 heteroatoms. The molecular formula is C34H39N7O2. The minimum atomic E-state index is -0.930. The summed E-state index contributed by atoms with van der Waals surface area (Å²) < 4.78 is 7.55. The summed E-state index contributed by atoms with van der Waals surface area (Å²) in [4.78, 5) is 17.2. The third-order valence-corrected chi connectivity index (χ3v) is 8.50. The maximum Gasteiger partial charge on any atom is 0.240 e. The molecule has 0 bridgehead atoms. The molecule has 3 aromatic carbocycles. The predicted octanol–water partition coefficient (Wildman–Crippen LogP) is 4.08. The van der Waals surface area contributed by atoms with Crippen molar-refractivity contribution in [3.8, 4) is 5.75 Å². The predicted molar refractivity (Wildman–Crippen MR) is 168 cm³/mol. The Labute approximate surface area is 251 Å². The zero-order valence-corrected chi connectivity index (χ0v) is 24.6. The van der Waals surface area contributed by atoms with E-state index < -0.39 is 11.6 Å². The zero-order valence-electron chi connectivity index (χ0n) is 24.6. The van der Waals surface area contributed by atoms with Crippen molar-refractivity contribution in [1.29, 1.82) is 0 Å². The summed E-state index contributed by atoms with van der Waals surface area (Å²) in [6.07, 6.45) is 5.28. The molecule has 0 saturated carbocycles. The Morgan fingerprint density at radius 3 is 2.49 bits per heavy atom. The number of nitrogens with zero attached hydrogens (tertiary/aromatic N) is 3. The zero-order chi connectivity index (χ0) is 29.6. The van der Waals surface area contributed by atoms with E-state index in [2.05, 4.69) is 68.7 Å². The number of ether oxygens (including phenoxy) is 1. The molecule has 0 radical (unpaired) electrons. The SMILES string of the molecule is COc1ccc(Cn2c(CCc3ccccc3)nnc2C(Cc2c[nH]c3ccccc23)NC(=O)C2(N)CCNCC2)cc1. The Bertz CT molecular complexity index is 1650. The molecule has 1 atom stereocenters. The van der Waals surface area contributed by atoms with Crippen LogP contribution in [0.4, 0.5) is 0 Å². The summed E-state index contributed by atoms with van der Waals surface area (Å²) in [6, 6.07) is 26.2. The van der Waals surface area contributed by atoms with Crippen LogP contribution in [0.1, 0.15) is 47.2 Å². The minimum Gasteiger partial charge on any atom is -0.497 e. The summed E-state index contributed by atoms with van der Waals surface area (Å²) in [6.45, 7) is 2.00. The Hall–Kier alpha value is -4.47. The van der Waals surface area contributed by atoms with Gasteiger partial charge in [-0.25, -0.2) is 0 Å². The smallest absolute Gasteiger partial charge is 0.240 e. The van der Waals surface area contributed by atoms with Crippen LogP contribution in [0.15, 0.2) is 85.1 Å². The average Bonchev–Trinajstić information content (AvgIpc) is 3.64. The second-order valence-electron chi connectivity index (χ2n) is 11.4. The number of aryl methyl sites for hydroxylation is 2. The Kier molecular flexibility index (Phi) is 8.53. The van der Waals surface area contributed by atoms with E-state index in [1.807, 2.05) is 36.5 Å². The van der Waals surface area contributed by atoms with Crippen LogP contribution < -0.4 is 21.1 Å². The molecule has 1 fully saturated rings. The fraction of sp³-hybridized carbons (Fsp3) is 0.324. The van der Waals surface area contributed by atoms with Gasteiger partial charge in [0.15, 0.2) is 5.82 Å². The number of benzene rings is 3. The maximum atomic E-state index is 13.8. The number of carbonyl (C=O) groups excluding carboxylic acids is 1. The first-order chi connectivity index (χ1) is 21.0. The van der Waals surface area contributed by atoms with Gasteiger partial charge in [-0.1, -0.05) is 60.7 Å². The highest BCUT2D eigenvalue weighted by Crippen LogP contribution is 2.27. The normalized spacial score (nSPS) is 15.3. The number of H-pyrrole nitrogens is 1. The molecule has 0 aliphatic carbocycles. The molecule has 5 aromatic rings. The number of aromatic amines is 1. The van der Waals surface area contributed by atoms with Crippen LogP contribution in [-0.4, -0.2) is 51.4 Å². The Balaban J connectivity index is 1.37. The summed E-state index contributed by atoms with van der Waals surface area (Å²) in [7, 11) is 1.67. The van der Waals surface area contributed by atoms with Gasteiger partial charge in [0.1, 0.15) is 11.6 Å². The van der Waals surface area contributed by atoms with Crippen molar-refractivity contribution in [2.45, 2.75) is 50.2 Å². The maximum absolute atomic E-state index is 13.8. The number of methoxy groups -OCH3 is 1. The van der Waals surface area contributed by atoms with E-state index in [9.17, 15) is 4.79 Å². The highest BCUT2D eigenvalue weighted by atomic mass is 16.5. The summed E-state index contributed by atoms with van der Waals surface area (Å²) >= 11 is 0. The van der Waals surface area contributed by atoms with Crippen molar-refractivity contribution in [3.05, 3.63) is 113 Å². The first-order valence-corrected chi connectivity index (χ1v) is 15.0. The summed E-state index contributed by atoms with van der Waals surface area (Å²) in [5.41, 5.74) is 10.2. The molecule has 1 amide bonds. The van der Waals surface area contributed by atoms with Crippen molar-refractivity contribution in [3.63, 3.8) is 0 Å². The summed E-state index contributed by atoms with van der Waals surface area (Å²) in [5.74, 6) is 2.24. The lowest BCUT2D eigenvalue weighted by Crippen LogP contribution is -2.59. The molecule has 5 N–H and O–H groups in total. The molecule has 1 aliphatic heterocycles. The van der Waals surface area contributed by atoms with Gasteiger partial charge in [-0.15, -0.1) is 10.2 Å². The van der Waals surface area contributed by atoms with E-state index >= 15 is 0 Å². The average molecular weight is 578 g/mol. The number of aromatic nitrogens is 4. The van der Waals surface area contributed by atoms with Crippen molar-refractivity contribution in [2.75, 3.05) is 20.2 Å². The third kappa shape index (κ3) is 6.48.